The lowest BCUT2D eigenvalue weighted by Crippen LogP contribution is -2.39. The van der Waals surface area contributed by atoms with E-state index in [2.05, 4.69) is 31.4 Å². The maximum atomic E-state index is 13.5. The largest absolute Gasteiger partial charge is 0.800 e. The highest BCUT2D eigenvalue weighted by atomic mass is 35.5. The Bertz CT molecular complexity index is 1380. The molecule has 40 heavy (non-hydrogen) atoms. The van der Waals surface area contributed by atoms with Crippen LogP contribution in [0.1, 0.15) is 33.6 Å². The number of amides is 1. The van der Waals surface area contributed by atoms with E-state index in [1.165, 1.54) is 0 Å². The van der Waals surface area contributed by atoms with Gasteiger partial charge in [0.2, 0.25) is 5.43 Å². The molecule has 3 aromatic rings. The number of ether oxygens (including phenoxy) is 1. The molecule has 2 aliphatic rings. The van der Waals surface area contributed by atoms with Crippen LogP contribution in [0.2, 0.25) is 5.02 Å². The lowest BCUT2D eigenvalue weighted by molar-refractivity contribution is 0.0342. The van der Waals surface area contributed by atoms with E-state index < -0.39 is 21.9 Å². The van der Waals surface area contributed by atoms with Gasteiger partial charge in [0.05, 0.1) is 24.1 Å². The van der Waals surface area contributed by atoms with Crippen LogP contribution in [0, 0.1) is 0 Å². The van der Waals surface area contributed by atoms with Gasteiger partial charge in [-0.15, -0.1) is 0 Å². The third kappa shape index (κ3) is 7.41. The van der Waals surface area contributed by atoms with Crippen LogP contribution in [-0.4, -0.2) is 92.5 Å². The molecule has 1 aromatic heterocycles. The fraction of sp³-hybridized carbons (Fsp3) is 0.464. The molecule has 10 nitrogen and oxygen atoms in total. The summed E-state index contributed by atoms with van der Waals surface area (Å²) in [4.78, 5) is 30.9. The third-order valence-electron chi connectivity index (χ3n) is 7.47. The Morgan fingerprint density at radius 1 is 1.05 bits per heavy atom. The molecular formula is C28H34ClN5O5S-2. The molecule has 2 aliphatic heterocycles. The summed E-state index contributed by atoms with van der Waals surface area (Å²) in [5, 5.41) is 11.0. The Morgan fingerprint density at radius 2 is 1.77 bits per heavy atom. The summed E-state index contributed by atoms with van der Waals surface area (Å²) >= 11 is 5.94. The Morgan fingerprint density at radius 3 is 2.50 bits per heavy atom. The van der Waals surface area contributed by atoms with Gasteiger partial charge in [-0.25, -0.2) is 0 Å². The molecule has 0 bridgehead atoms. The molecule has 0 spiro atoms. The minimum absolute atomic E-state index is 0.175. The number of fused-ring (bicyclic) bond motifs is 1. The standard InChI is InChI=1S/C28H36ClN5O5S/c29-23-5-3-20(4-6-23)18-30-28(36)26-27(35)24-17-21(19-34-8-12-39-13-9-34)16-22(25(24)31-32-26)2-1-7-33-10-14-40(37,38)15-11-33/h3-6,16-17,37-38H,1-2,7-15,18-19H2,(H,30,36)(H,31,35)/p-2. The van der Waals surface area contributed by atoms with Crippen molar-refractivity contribution in [1.29, 1.82) is 0 Å². The highest BCUT2D eigenvalue weighted by Gasteiger charge is 2.19. The molecule has 0 aliphatic carbocycles. The summed E-state index contributed by atoms with van der Waals surface area (Å²) in [6, 6.07) is 11.1. The second kappa shape index (κ2) is 13.0. The Hall–Kier alpha value is -2.51. The number of carbonyl (C=O) groups excluding carboxylic acids is 1. The van der Waals surface area contributed by atoms with Gasteiger partial charge in [0.15, 0.2) is 5.69 Å². The molecular weight excluding hydrogens is 554 g/mol. The van der Waals surface area contributed by atoms with Gasteiger partial charge < -0.3 is 34.6 Å². The zero-order valence-corrected chi connectivity index (χ0v) is 23.9. The van der Waals surface area contributed by atoms with E-state index in [1.54, 1.807) is 12.1 Å². The maximum absolute atomic E-state index is 13.5. The minimum Gasteiger partial charge on any atom is -0.800 e. The van der Waals surface area contributed by atoms with Crippen molar-refractivity contribution in [2.75, 3.05) is 57.4 Å². The van der Waals surface area contributed by atoms with Crippen molar-refractivity contribution in [3.05, 3.63) is 74.0 Å². The number of benzene rings is 2. The van der Waals surface area contributed by atoms with Gasteiger partial charge in [-0.1, -0.05) is 29.8 Å². The number of sulfone groups is 1. The smallest absolute Gasteiger partial charge is 0.276 e. The number of rotatable bonds is 9. The van der Waals surface area contributed by atoms with Crippen LogP contribution < -0.4 is 10.7 Å². The third-order valence-corrected chi connectivity index (χ3v) is 9.33. The van der Waals surface area contributed by atoms with Gasteiger partial charge in [0, 0.05) is 44.3 Å². The zero-order chi connectivity index (χ0) is 28.1. The maximum Gasteiger partial charge on any atom is 0.276 e. The number of nitrogens with zero attached hydrogens (tertiary/aromatic N) is 3. The molecule has 5 rings (SSSR count). The molecule has 1 amide bonds. The van der Waals surface area contributed by atoms with E-state index in [0.717, 1.165) is 42.7 Å². The molecule has 12 heteroatoms. The molecule has 2 N–H and O–H groups in total. The van der Waals surface area contributed by atoms with Crippen molar-refractivity contribution < 1.29 is 18.6 Å². The summed E-state index contributed by atoms with van der Waals surface area (Å²) in [6.07, 6.45) is 1.50. The van der Waals surface area contributed by atoms with Crippen LogP contribution in [0.4, 0.5) is 0 Å². The van der Waals surface area contributed by atoms with Crippen molar-refractivity contribution in [1.82, 2.24) is 25.3 Å². The number of halogens is 1. The molecule has 2 aromatic carbocycles. The second-order valence-corrected chi connectivity index (χ2v) is 13.1. The number of carbonyl (C=O) groups is 1. The normalized spacial score (nSPS) is 19.0. The van der Waals surface area contributed by atoms with Gasteiger partial charge in [0.1, 0.15) is 0 Å². The van der Waals surface area contributed by atoms with Crippen molar-refractivity contribution in [2.24, 2.45) is 0 Å². The first-order valence-corrected chi connectivity index (χ1v) is 15.8. The lowest BCUT2D eigenvalue weighted by atomic mass is 10.0. The number of H-pyrrole nitrogens is 1. The van der Waals surface area contributed by atoms with Crippen LogP contribution in [0.5, 0.6) is 0 Å². The molecule has 0 saturated carbocycles. The van der Waals surface area contributed by atoms with Crippen molar-refractivity contribution in [3.63, 3.8) is 0 Å². The fourth-order valence-electron chi connectivity index (χ4n) is 5.16. The van der Waals surface area contributed by atoms with Crippen LogP contribution in [0.15, 0.2) is 41.2 Å². The summed E-state index contributed by atoms with van der Waals surface area (Å²) in [5.41, 5.74) is 2.86. The van der Waals surface area contributed by atoms with E-state index in [9.17, 15) is 18.7 Å². The molecule has 0 radical (unpaired) electrons. The number of morpholine rings is 1. The first kappa shape index (κ1) is 29.0. The van der Waals surface area contributed by atoms with Gasteiger partial charge in [0.25, 0.3) is 5.91 Å². The van der Waals surface area contributed by atoms with E-state index in [-0.39, 0.29) is 23.7 Å². The van der Waals surface area contributed by atoms with E-state index >= 15 is 0 Å². The highest BCUT2D eigenvalue weighted by Crippen LogP contribution is 2.39. The van der Waals surface area contributed by atoms with Gasteiger partial charge >= 0.3 is 0 Å². The van der Waals surface area contributed by atoms with Crippen LogP contribution >= 0.6 is 22.2 Å². The second-order valence-electron chi connectivity index (χ2n) is 10.4. The number of hydrogen-bond donors (Lipinski definition) is 2. The molecule has 2 saturated heterocycles. The van der Waals surface area contributed by atoms with Crippen molar-refractivity contribution >= 4 is 39.0 Å². The van der Waals surface area contributed by atoms with Gasteiger partial charge in [-0.2, -0.15) is 5.10 Å². The predicted octanol–water partition coefficient (Wildman–Crippen LogP) is 2.65. The average molecular weight is 588 g/mol. The first-order valence-electron chi connectivity index (χ1n) is 13.6. The number of aryl methyl sites for hydroxylation is 1. The number of aromatic amines is 1. The van der Waals surface area contributed by atoms with Gasteiger partial charge in [-0.05, 0) is 65.8 Å². The summed E-state index contributed by atoms with van der Waals surface area (Å²) < 4.78 is 29.0. The van der Waals surface area contributed by atoms with Crippen LogP contribution in [0.25, 0.3) is 10.9 Å². The monoisotopic (exact) mass is 587 g/mol. The summed E-state index contributed by atoms with van der Waals surface area (Å²) in [7, 11) is -2.92. The Labute approximate surface area is 240 Å². The molecule has 0 atom stereocenters. The van der Waals surface area contributed by atoms with Crippen molar-refractivity contribution in [3.8, 4) is 0 Å². The molecule has 3 heterocycles. The predicted molar refractivity (Wildman–Crippen MR) is 155 cm³/mol. The zero-order valence-electron chi connectivity index (χ0n) is 22.3. The number of nitrogens with one attached hydrogen (secondary N) is 2. The first-order chi connectivity index (χ1) is 19.3. The Balaban J connectivity index is 1.35. The lowest BCUT2D eigenvalue weighted by Gasteiger charge is -2.63. The fourth-order valence-corrected chi connectivity index (χ4v) is 6.57. The summed E-state index contributed by atoms with van der Waals surface area (Å²) in [5.74, 6) is -0.144. The van der Waals surface area contributed by atoms with Crippen LogP contribution in [-0.2, 0) is 24.2 Å². The van der Waals surface area contributed by atoms with Crippen LogP contribution in [0.3, 0.4) is 0 Å². The van der Waals surface area contributed by atoms with Crippen molar-refractivity contribution in [2.45, 2.75) is 25.9 Å². The number of hydrogen-bond acceptors (Lipinski definition) is 8. The van der Waals surface area contributed by atoms with E-state index in [4.69, 9.17) is 16.3 Å². The summed E-state index contributed by atoms with van der Waals surface area (Å²) in [6.45, 7) is 5.77. The van der Waals surface area contributed by atoms with E-state index in [1.807, 2.05) is 18.2 Å². The average Bonchev–Trinajstić information content (AvgIpc) is 2.94. The minimum atomic E-state index is -2.92. The molecule has 2 fully saturated rings. The SMILES string of the molecule is O=C(NCc1ccc(Cl)cc1)c1n[nH]c2c(CCCN3CCS([O-])([O-])CC3)cc(CN3CCOCC3)cc2c1=O. The highest BCUT2D eigenvalue weighted by molar-refractivity contribution is 8.24. The van der Waals surface area contributed by atoms with E-state index in [0.29, 0.717) is 55.2 Å². The molecule has 216 valence electrons. The molecule has 0 unspecified atom stereocenters. The Kier molecular flexibility index (Phi) is 9.41. The van der Waals surface area contributed by atoms with Gasteiger partial charge in [-0.3, -0.25) is 19.6 Å². The topological polar surface area (TPSA) is 137 Å². The quantitative estimate of drug-likeness (QED) is 0.390. The number of aromatic nitrogens is 2.